The van der Waals surface area contributed by atoms with E-state index in [2.05, 4.69) is 17.1 Å². The maximum absolute atomic E-state index is 12.8. The highest BCUT2D eigenvalue weighted by molar-refractivity contribution is 7.91. The number of carbonyl (C=O) groups is 1. The normalized spacial score (nSPS) is 18.6. The molecule has 2 saturated heterocycles. The fourth-order valence-corrected chi connectivity index (χ4v) is 8.59. The van der Waals surface area contributed by atoms with E-state index in [-0.39, 0.29) is 17.4 Å². The van der Waals surface area contributed by atoms with E-state index in [0.717, 1.165) is 60.8 Å². The number of fused-ring (bicyclic) bond motifs is 1. The van der Waals surface area contributed by atoms with Gasteiger partial charge in [0.05, 0.1) is 11.0 Å². The average molecular weight is 646 g/mol. The number of likely N-dealkylation sites (tertiary alicyclic amines) is 1. The summed E-state index contributed by atoms with van der Waals surface area (Å²) >= 11 is 0. The SMILES string of the molecule is Cn1cc(-c2cc(C3CCCS3(=O)=O)ccc2Oc2ccc(CCC3CCN(C(=O)OC(C)(C)C)CC3)cc2)c2cc[nH]c2c1=O. The number of aromatic amines is 1. The van der Waals surface area contributed by atoms with E-state index < -0.39 is 20.7 Å². The smallest absolute Gasteiger partial charge is 0.410 e. The van der Waals surface area contributed by atoms with Gasteiger partial charge in [-0.15, -0.1) is 0 Å². The maximum atomic E-state index is 12.8. The fourth-order valence-electron chi connectivity index (χ4n) is 6.65. The highest BCUT2D eigenvalue weighted by atomic mass is 32.2. The van der Waals surface area contributed by atoms with Gasteiger partial charge in [0, 0.05) is 49.0 Å². The molecule has 0 spiro atoms. The number of hydrogen-bond donors (Lipinski definition) is 1. The predicted octanol–water partition coefficient (Wildman–Crippen LogP) is 7.16. The minimum Gasteiger partial charge on any atom is -0.457 e. The molecular weight excluding hydrogens is 602 g/mol. The molecule has 46 heavy (non-hydrogen) atoms. The molecule has 2 aromatic carbocycles. The topological polar surface area (TPSA) is 111 Å². The van der Waals surface area contributed by atoms with Crippen molar-refractivity contribution < 1.29 is 22.7 Å². The number of aryl methyl sites for hydroxylation is 2. The third-order valence-corrected chi connectivity index (χ3v) is 11.4. The first kappa shape index (κ1) is 31.9. The highest BCUT2D eigenvalue weighted by Crippen LogP contribution is 2.42. The summed E-state index contributed by atoms with van der Waals surface area (Å²) in [7, 11) is -1.51. The molecule has 10 heteroatoms. The number of piperidine rings is 1. The molecule has 4 aromatic rings. The number of hydrogen-bond acceptors (Lipinski definition) is 6. The van der Waals surface area contributed by atoms with Crippen molar-refractivity contribution in [3.8, 4) is 22.6 Å². The highest BCUT2D eigenvalue weighted by Gasteiger charge is 2.33. The zero-order chi connectivity index (χ0) is 32.6. The van der Waals surface area contributed by atoms with Crippen molar-refractivity contribution >= 4 is 26.8 Å². The number of aromatic nitrogens is 2. The molecule has 0 bridgehead atoms. The van der Waals surface area contributed by atoms with E-state index in [1.165, 1.54) is 10.1 Å². The molecule has 1 N–H and O–H groups in total. The Kier molecular flexibility index (Phi) is 8.76. The Morgan fingerprint density at radius 2 is 1.74 bits per heavy atom. The minimum absolute atomic E-state index is 0.134. The third kappa shape index (κ3) is 6.87. The molecule has 6 rings (SSSR count). The third-order valence-electron chi connectivity index (χ3n) is 9.15. The number of pyridine rings is 1. The summed E-state index contributed by atoms with van der Waals surface area (Å²) in [5.74, 6) is 2.02. The van der Waals surface area contributed by atoms with E-state index in [1.807, 2.05) is 62.1 Å². The van der Waals surface area contributed by atoms with E-state index in [1.54, 1.807) is 19.4 Å². The first-order valence-electron chi connectivity index (χ1n) is 16.2. The molecule has 2 aromatic heterocycles. The lowest BCUT2D eigenvalue weighted by atomic mass is 9.90. The molecule has 1 unspecified atom stereocenters. The van der Waals surface area contributed by atoms with Gasteiger partial charge in [0.15, 0.2) is 9.84 Å². The van der Waals surface area contributed by atoms with Gasteiger partial charge in [-0.05, 0) is 107 Å². The first-order valence-corrected chi connectivity index (χ1v) is 17.9. The van der Waals surface area contributed by atoms with Crippen molar-refractivity contribution in [1.29, 1.82) is 0 Å². The van der Waals surface area contributed by atoms with Gasteiger partial charge in [0.25, 0.3) is 5.56 Å². The number of nitrogens with one attached hydrogen (secondary N) is 1. The van der Waals surface area contributed by atoms with Crippen LogP contribution in [0.4, 0.5) is 4.79 Å². The first-order chi connectivity index (χ1) is 21.9. The van der Waals surface area contributed by atoms with E-state index in [9.17, 15) is 18.0 Å². The van der Waals surface area contributed by atoms with Crippen LogP contribution in [0.5, 0.6) is 11.5 Å². The van der Waals surface area contributed by atoms with Crippen LogP contribution in [0.3, 0.4) is 0 Å². The summed E-state index contributed by atoms with van der Waals surface area (Å²) in [4.78, 5) is 30.0. The van der Waals surface area contributed by atoms with Gasteiger partial charge in [0.1, 0.15) is 22.6 Å². The van der Waals surface area contributed by atoms with Gasteiger partial charge in [-0.25, -0.2) is 13.2 Å². The summed E-state index contributed by atoms with van der Waals surface area (Å²) in [6.07, 6.45) is 8.49. The second-order valence-corrected chi connectivity index (χ2v) is 16.0. The van der Waals surface area contributed by atoms with Crippen LogP contribution in [0, 0.1) is 5.92 Å². The predicted molar refractivity (Wildman–Crippen MR) is 180 cm³/mol. The molecule has 9 nitrogen and oxygen atoms in total. The van der Waals surface area contributed by atoms with Crippen LogP contribution < -0.4 is 10.3 Å². The van der Waals surface area contributed by atoms with Crippen molar-refractivity contribution in [1.82, 2.24) is 14.5 Å². The molecular formula is C36H43N3O6S. The zero-order valence-electron chi connectivity index (χ0n) is 27.0. The summed E-state index contributed by atoms with van der Waals surface area (Å²) in [6, 6.07) is 15.6. The van der Waals surface area contributed by atoms with Gasteiger partial charge >= 0.3 is 6.09 Å². The van der Waals surface area contributed by atoms with Crippen LogP contribution >= 0.6 is 0 Å². The number of sulfone groups is 1. The van der Waals surface area contributed by atoms with Crippen molar-refractivity contribution in [3.63, 3.8) is 0 Å². The van der Waals surface area contributed by atoms with Gasteiger partial charge in [-0.1, -0.05) is 18.2 Å². The number of carbonyl (C=O) groups excluding carboxylic acids is 1. The van der Waals surface area contributed by atoms with Crippen molar-refractivity contribution in [3.05, 3.63) is 82.4 Å². The Balaban J connectivity index is 1.18. The number of benzene rings is 2. The Labute approximate surface area is 270 Å². The summed E-state index contributed by atoms with van der Waals surface area (Å²) in [5.41, 5.74) is 3.36. The Morgan fingerprint density at radius 3 is 2.41 bits per heavy atom. The molecule has 0 saturated carbocycles. The summed E-state index contributed by atoms with van der Waals surface area (Å²) in [5, 5.41) is 0.213. The van der Waals surface area contributed by atoms with Gasteiger partial charge in [-0.3, -0.25) is 4.79 Å². The number of rotatable bonds is 7. The summed E-state index contributed by atoms with van der Waals surface area (Å²) in [6.45, 7) is 7.13. The molecule has 4 heterocycles. The second-order valence-electron chi connectivity index (χ2n) is 13.7. The van der Waals surface area contributed by atoms with E-state index in [4.69, 9.17) is 9.47 Å². The van der Waals surface area contributed by atoms with Crippen LogP contribution in [-0.2, 0) is 28.0 Å². The summed E-state index contributed by atoms with van der Waals surface area (Å²) < 4.78 is 39.2. The fraction of sp³-hybridized carbons (Fsp3) is 0.444. The lowest BCUT2D eigenvalue weighted by Crippen LogP contribution is -2.41. The molecule has 2 fully saturated rings. The molecule has 2 aliphatic rings. The molecule has 0 radical (unpaired) electrons. The zero-order valence-corrected chi connectivity index (χ0v) is 27.9. The number of ether oxygens (including phenoxy) is 2. The van der Waals surface area contributed by atoms with Crippen molar-refractivity contribution in [2.45, 2.75) is 70.1 Å². The van der Waals surface area contributed by atoms with Gasteiger partial charge in [0.2, 0.25) is 0 Å². The quantitative estimate of drug-likeness (QED) is 0.229. The van der Waals surface area contributed by atoms with Crippen LogP contribution in [0.15, 0.2) is 65.7 Å². The number of amides is 1. The van der Waals surface area contributed by atoms with Crippen molar-refractivity contribution in [2.24, 2.45) is 13.0 Å². The van der Waals surface area contributed by atoms with Crippen molar-refractivity contribution in [2.75, 3.05) is 18.8 Å². The molecule has 2 aliphatic heterocycles. The number of nitrogens with zero attached hydrogens (tertiary/aromatic N) is 2. The largest absolute Gasteiger partial charge is 0.457 e. The van der Waals surface area contributed by atoms with E-state index in [0.29, 0.717) is 35.8 Å². The Bertz CT molecular complexity index is 1890. The Hall–Kier alpha value is -4.05. The maximum Gasteiger partial charge on any atom is 0.410 e. The standard InChI is InChI=1S/C36H43N3O6S/c1-36(2,3)45-35(41)39-19-16-25(17-20-39)8-7-24-9-12-27(13-10-24)44-31-14-11-26(32-6-5-21-46(32,42)43)22-29(31)30-23-38(4)34(40)33-28(30)15-18-37-33/h9-15,18,22-23,25,32,37H,5-8,16-17,19-21H2,1-4H3. The van der Waals surface area contributed by atoms with Gasteiger partial charge < -0.3 is 23.9 Å². The average Bonchev–Trinajstić information content (AvgIpc) is 3.65. The second kappa shape index (κ2) is 12.6. The monoisotopic (exact) mass is 645 g/mol. The molecule has 0 aliphatic carbocycles. The van der Waals surface area contributed by atoms with Crippen LogP contribution in [0.1, 0.15) is 69.3 Å². The Morgan fingerprint density at radius 1 is 1.00 bits per heavy atom. The van der Waals surface area contributed by atoms with Crippen LogP contribution in [0.25, 0.3) is 22.0 Å². The van der Waals surface area contributed by atoms with Gasteiger partial charge in [-0.2, -0.15) is 0 Å². The molecule has 244 valence electrons. The lowest BCUT2D eigenvalue weighted by Gasteiger charge is -2.33. The minimum atomic E-state index is -3.21. The van der Waals surface area contributed by atoms with Crippen LogP contribution in [0.2, 0.25) is 0 Å². The number of H-pyrrole nitrogens is 1. The lowest BCUT2D eigenvalue weighted by molar-refractivity contribution is 0.0181. The van der Waals surface area contributed by atoms with Crippen LogP contribution in [-0.4, -0.2) is 53.4 Å². The van der Waals surface area contributed by atoms with E-state index >= 15 is 0 Å². The molecule has 1 atom stereocenters. The molecule has 1 amide bonds.